The van der Waals surface area contributed by atoms with Crippen LogP contribution in [0.25, 0.3) is 0 Å². The van der Waals surface area contributed by atoms with E-state index >= 15 is 0 Å². The number of aliphatic hydroxyl groups excluding tert-OH is 3. The summed E-state index contributed by atoms with van der Waals surface area (Å²) >= 11 is 0. The second-order valence-electron chi connectivity index (χ2n) is 21.6. The number of nitrogens with two attached hydrogens (primary N) is 2. The number of likely N-dealkylation sites (tertiary alicyclic amines) is 1. The zero-order valence-corrected chi connectivity index (χ0v) is 49.2. The first kappa shape index (κ1) is 71.8. The van der Waals surface area contributed by atoms with Gasteiger partial charge in [0.25, 0.3) is 0 Å². The highest BCUT2D eigenvalue weighted by Gasteiger charge is 2.42. The first-order valence-corrected chi connectivity index (χ1v) is 28.2. The van der Waals surface area contributed by atoms with Crippen molar-refractivity contribution in [1.29, 1.82) is 0 Å². The third kappa shape index (κ3) is 21.9. The fourth-order valence-corrected chi connectivity index (χ4v) is 8.97. The second-order valence-corrected chi connectivity index (χ2v) is 21.6. The maximum Gasteiger partial charge on any atom is 0.305 e. The topological polar surface area (TPSA) is 490 Å². The van der Waals surface area contributed by atoms with Gasteiger partial charge < -0.3 is 94.9 Å². The van der Waals surface area contributed by atoms with E-state index in [-0.39, 0.29) is 37.3 Å². The number of aliphatic hydroxyl groups is 3. The third-order valence-electron chi connectivity index (χ3n) is 14.6. The molecule has 30 heteroatoms. The number of carboxylic acid groups (broad SMARTS) is 1. The van der Waals surface area contributed by atoms with Gasteiger partial charge in [-0.2, -0.15) is 0 Å². The van der Waals surface area contributed by atoms with E-state index in [9.17, 15) is 88.2 Å². The lowest BCUT2D eigenvalue weighted by molar-refractivity contribution is -0.144. The Bertz CT molecular complexity index is 2700. The van der Waals surface area contributed by atoms with E-state index in [1.165, 1.54) is 60.4 Å². The highest BCUT2D eigenvalue weighted by Crippen LogP contribution is 2.23. The van der Waals surface area contributed by atoms with Crippen molar-refractivity contribution < 1.29 is 88.2 Å². The summed E-state index contributed by atoms with van der Waals surface area (Å²) in [7, 11) is 0. The van der Waals surface area contributed by atoms with E-state index in [0.717, 1.165) is 0 Å². The molecule has 2 aromatic rings. The molecule has 1 aliphatic heterocycles. The molecule has 0 aromatic heterocycles. The van der Waals surface area contributed by atoms with E-state index in [2.05, 4.69) is 47.9 Å². The van der Waals surface area contributed by atoms with Gasteiger partial charge in [-0.15, -0.1) is 0 Å². The van der Waals surface area contributed by atoms with Crippen molar-refractivity contribution >= 4 is 70.9 Å². The van der Waals surface area contributed by atoms with Crippen LogP contribution >= 0.6 is 0 Å². The maximum absolute atomic E-state index is 14.7. The number of phenolic OH excluding ortho intramolecular Hbond substituents is 2. The standard InChI is InChI=1S/C56H84N12O18/c1-8-28(5)44(53(83)59-24-41(74)64-46(30(7)71)55(85)60-36(47(58)77)21-31-12-16-33(72)17-13-31)66-52(82)40-11-10-20-68(40)56(86)45(29(6)9-2)67-54(84)43(27(3)4)65-50(80)37(22-32-14-18-34(73)19-15-32)61-49(79)38(23-42(75)76)62-51(81)39(26-70)63-48(78)35(57)25-69/h12-19,27-30,35-40,43-46,69-73H,8-11,20-26,57H2,1-7H3,(H2,58,77)(H,59,83)(H,60,85)(H,61,79)(H,62,81)(H,63,78)(H,64,74)(H,65,80)(H,66,82)(H,67,84)(H,75,76). The van der Waals surface area contributed by atoms with Crippen LogP contribution in [0.4, 0.5) is 0 Å². The molecule has 0 bridgehead atoms. The molecule has 0 spiro atoms. The number of benzene rings is 2. The number of carbonyl (C=O) groups is 12. The van der Waals surface area contributed by atoms with Crippen LogP contribution in [0.2, 0.25) is 0 Å². The van der Waals surface area contributed by atoms with Gasteiger partial charge in [-0.25, -0.2) is 0 Å². The summed E-state index contributed by atoms with van der Waals surface area (Å²) in [6.45, 7) is 8.69. The zero-order chi connectivity index (χ0) is 64.7. The SMILES string of the molecule is CCC(C)C(NC(=O)C1CCCN1C(=O)C(NC(=O)C(NC(=O)C(Cc1ccc(O)cc1)NC(=O)C(CC(=O)O)NC(=O)C(CO)NC(=O)C(N)CO)C(C)C)C(C)CC)C(=O)NCC(=O)NC(C(=O)NC(Cc1ccc(O)cc1)C(N)=O)C(C)O. The molecule has 476 valence electrons. The van der Waals surface area contributed by atoms with Crippen molar-refractivity contribution in [3.05, 3.63) is 59.7 Å². The average Bonchev–Trinajstić information content (AvgIpc) is 2.52. The Morgan fingerprint density at radius 3 is 1.55 bits per heavy atom. The normalized spacial score (nSPS) is 17.2. The number of aromatic hydroxyl groups is 2. The summed E-state index contributed by atoms with van der Waals surface area (Å²) in [4.78, 5) is 163. The minimum Gasteiger partial charge on any atom is -0.508 e. The maximum atomic E-state index is 14.7. The number of hydrogen-bond acceptors (Lipinski definition) is 18. The second kappa shape index (κ2) is 34.5. The van der Waals surface area contributed by atoms with Crippen LogP contribution in [-0.2, 0) is 70.4 Å². The number of phenols is 2. The van der Waals surface area contributed by atoms with Crippen LogP contribution in [-0.4, -0.2) is 199 Å². The largest absolute Gasteiger partial charge is 0.508 e. The Balaban J connectivity index is 1.80. The summed E-state index contributed by atoms with van der Waals surface area (Å²) in [5, 5.41) is 80.6. The predicted octanol–water partition coefficient (Wildman–Crippen LogP) is -4.73. The molecule has 0 radical (unpaired) electrons. The first-order chi connectivity index (χ1) is 40.5. The summed E-state index contributed by atoms with van der Waals surface area (Å²) in [6, 6.07) is -3.63. The van der Waals surface area contributed by atoms with Crippen LogP contribution in [0, 0.1) is 17.8 Å². The molecule has 13 atom stereocenters. The molecule has 0 saturated carbocycles. The number of nitrogens with one attached hydrogen (secondary N) is 9. The van der Waals surface area contributed by atoms with Crippen molar-refractivity contribution in [3.63, 3.8) is 0 Å². The molecule has 0 aliphatic carbocycles. The van der Waals surface area contributed by atoms with Crippen molar-refractivity contribution in [1.82, 2.24) is 52.8 Å². The van der Waals surface area contributed by atoms with Crippen molar-refractivity contribution in [2.45, 2.75) is 160 Å². The minimum atomic E-state index is -1.93. The Morgan fingerprint density at radius 1 is 0.570 bits per heavy atom. The zero-order valence-electron chi connectivity index (χ0n) is 49.2. The smallest absolute Gasteiger partial charge is 0.305 e. The number of rotatable bonds is 34. The first-order valence-electron chi connectivity index (χ1n) is 28.2. The fraction of sp³-hybridized carbons (Fsp3) is 0.571. The lowest BCUT2D eigenvalue weighted by Crippen LogP contribution is -2.62. The van der Waals surface area contributed by atoms with Crippen molar-refractivity contribution in [2.24, 2.45) is 29.2 Å². The van der Waals surface area contributed by atoms with Crippen molar-refractivity contribution in [2.75, 3.05) is 26.3 Å². The third-order valence-corrected chi connectivity index (χ3v) is 14.6. The number of primary amides is 1. The number of carbonyl (C=O) groups excluding carboxylic acids is 11. The number of hydrogen-bond donors (Lipinski definition) is 17. The van der Waals surface area contributed by atoms with Gasteiger partial charge in [-0.05, 0) is 72.9 Å². The van der Waals surface area contributed by atoms with Gasteiger partial charge in [-0.3, -0.25) is 57.5 Å². The van der Waals surface area contributed by atoms with Gasteiger partial charge in [0.2, 0.25) is 65.0 Å². The van der Waals surface area contributed by atoms with Gasteiger partial charge in [0.1, 0.15) is 71.9 Å². The number of aliphatic carboxylic acids is 1. The van der Waals surface area contributed by atoms with Crippen LogP contribution in [0.1, 0.15) is 91.7 Å². The number of nitrogens with zero attached hydrogens (tertiary/aromatic N) is 1. The van der Waals surface area contributed by atoms with Gasteiger partial charge in [0.05, 0.1) is 32.3 Å². The Morgan fingerprint density at radius 2 is 1.05 bits per heavy atom. The van der Waals surface area contributed by atoms with E-state index in [1.807, 2.05) is 0 Å². The quantitative estimate of drug-likeness (QED) is 0.0313. The highest BCUT2D eigenvalue weighted by atomic mass is 16.4. The molecule has 1 heterocycles. The number of carboxylic acids is 1. The van der Waals surface area contributed by atoms with E-state index in [1.54, 1.807) is 41.5 Å². The lowest BCUT2D eigenvalue weighted by atomic mass is 9.95. The molecule has 13 unspecified atom stereocenters. The molecule has 1 aliphatic rings. The van der Waals surface area contributed by atoms with Crippen LogP contribution in [0.5, 0.6) is 11.5 Å². The van der Waals surface area contributed by atoms with Gasteiger partial charge >= 0.3 is 5.97 Å². The molecule has 30 nitrogen and oxygen atoms in total. The molecule has 11 amide bonds. The lowest BCUT2D eigenvalue weighted by Gasteiger charge is -2.34. The van der Waals surface area contributed by atoms with Crippen molar-refractivity contribution in [3.8, 4) is 11.5 Å². The van der Waals surface area contributed by atoms with E-state index < -0.39 is 181 Å². The Hall–Kier alpha value is -8.48. The van der Waals surface area contributed by atoms with Gasteiger partial charge in [-0.1, -0.05) is 78.6 Å². The van der Waals surface area contributed by atoms with E-state index in [0.29, 0.717) is 30.4 Å². The molecule has 1 saturated heterocycles. The summed E-state index contributed by atoms with van der Waals surface area (Å²) in [6.07, 6.45) is -1.79. The molecule has 1 fully saturated rings. The Labute approximate surface area is 497 Å². The fourth-order valence-electron chi connectivity index (χ4n) is 8.97. The molecular weight excluding hydrogens is 1130 g/mol. The summed E-state index contributed by atoms with van der Waals surface area (Å²) in [5.74, 6) is -13.9. The van der Waals surface area contributed by atoms with Crippen LogP contribution < -0.4 is 59.3 Å². The van der Waals surface area contributed by atoms with Crippen LogP contribution in [0.3, 0.4) is 0 Å². The number of amides is 11. The van der Waals surface area contributed by atoms with Gasteiger partial charge in [0.15, 0.2) is 0 Å². The summed E-state index contributed by atoms with van der Waals surface area (Å²) in [5.41, 5.74) is 11.9. The van der Waals surface area contributed by atoms with Crippen LogP contribution in [0.15, 0.2) is 48.5 Å². The molecule has 19 N–H and O–H groups in total. The molecular formula is C56H84N12O18. The average molecular weight is 1210 g/mol. The minimum absolute atomic E-state index is 0.0344. The summed E-state index contributed by atoms with van der Waals surface area (Å²) < 4.78 is 0. The highest BCUT2D eigenvalue weighted by molar-refractivity contribution is 5.99. The van der Waals surface area contributed by atoms with E-state index in [4.69, 9.17) is 11.5 Å². The monoisotopic (exact) mass is 1210 g/mol. The molecule has 3 rings (SSSR count). The van der Waals surface area contributed by atoms with Gasteiger partial charge in [0, 0.05) is 19.4 Å². The molecule has 2 aromatic carbocycles. The molecule has 86 heavy (non-hydrogen) atoms. The predicted molar refractivity (Wildman–Crippen MR) is 306 cm³/mol. The Kier molecular flexibility index (Phi) is 28.8.